The lowest BCUT2D eigenvalue weighted by Gasteiger charge is -2.31. The van der Waals surface area contributed by atoms with Crippen LogP contribution in [0.25, 0.3) is 0 Å². The van der Waals surface area contributed by atoms with E-state index in [0.717, 1.165) is 22.6 Å². The monoisotopic (exact) mass is 371 g/mol. The summed E-state index contributed by atoms with van der Waals surface area (Å²) in [4.78, 5) is 11.4. The molecule has 0 spiro atoms. The average Bonchev–Trinajstić information content (AvgIpc) is 3.07. The number of carboxylic acid groups (broad SMARTS) is 1. The number of carbonyl (C=O) groups is 1. The molecule has 1 atom stereocenters. The zero-order valence-corrected chi connectivity index (χ0v) is 15.1. The number of nitrogens with one attached hydrogen (secondary N) is 2. The van der Waals surface area contributed by atoms with Crippen LogP contribution in [0.15, 0.2) is 30.5 Å². The van der Waals surface area contributed by atoms with E-state index in [2.05, 4.69) is 27.3 Å². The van der Waals surface area contributed by atoms with Crippen molar-refractivity contribution in [3.05, 3.63) is 53.0 Å². The number of allylic oxidation sites excluding steroid dienone is 1. The molecule has 2 heterocycles. The topological polar surface area (TPSA) is 135 Å². The summed E-state index contributed by atoms with van der Waals surface area (Å²) in [5.41, 5.74) is 8.86. The first-order valence-electron chi connectivity index (χ1n) is 8.61. The van der Waals surface area contributed by atoms with E-state index in [0.29, 0.717) is 31.6 Å². The molecule has 0 amide bonds. The molecule has 2 aromatic rings. The summed E-state index contributed by atoms with van der Waals surface area (Å²) < 4.78 is 11.3. The van der Waals surface area contributed by atoms with Crippen molar-refractivity contribution in [2.24, 2.45) is 5.73 Å². The molecule has 0 saturated carbocycles. The molecule has 1 aromatic carbocycles. The van der Waals surface area contributed by atoms with Crippen LogP contribution in [0.4, 0.5) is 0 Å². The molecule has 10 heteroatoms. The van der Waals surface area contributed by atoms with Gasteiger partial charge in [0.25, 0.3) is 0 Å². The number of hydrogen-bond acceptors (Lipinski definition) is 7. The highest BCUT2D eigenvalue weighted by molar-refractivity contribution is 6.48. The molecule has 0 unspecified atom stereocenters. The van der Waals surface area contributed by atoms with E-state index in [1.165, 1.54) is 13.2 Å². The van der Waals surface area contributed by atoms with Gasteiger partial charge in [-0.2, -0.15) is 15.4 Å². The van der Waals surface area contributed by atoms with Crippen molar-refractivity contribution in [1.29, 1.82) is 0 Å². The molecule has 0 saturated heterocycles. The molecule has 0 aliphatic carbocycles. The molecule has 1 aromatic heterocycles. The third-order valence-electron chi connectivity index (χ3n) is 4.42. The second-order valence-electron chi connectivity index (χ2n) is 6.31. The fraction of sp³-hybridized carbons (Fsp3) is 0.353. The fourth-order valence-corrected chi connectivity index (χ4v) is 3.18. The SMILES string of the molecule is C=C(Cc1n[nH]nc1CCN)N[C@H]1Cc2cccc(C(=O)O)c2OB1OC. The minimum absolute atomic E-state index is 0.126. The third-order valence-corrected chi connectivity index (χ3v) is 4.42. The van der Waals surface area contributed by atoms with Crippen molar-refractivity contribution in [3.8, 4) is 5.75 Å². The Morgan fingerprint density at radius 3 is 3.00 bits per heavy atom. The number of benzene rings is 1. The summed E-state index contributed by atoms with van der Waals surface area (Å²) in [6.45, 7) is 4.56. The number of nitrogens with zero attached hydrogens (tertiary/aromatic N) is 2. The summed E-state index contributed by atoms with van der Waals surface area (Å²) in [5, 5.41) is 23.5. The molecule has 0 radical (unpaired) electrons. The Morgan fingerprint density at radius 2 is 2.30 bits per heavy atom. The predicted octanol–water partition coefficient (Wildman–Crippen LogP) is 0.327. The van der Waals surface area contributed by atoms with Gasteiger partial charge in [0.05, 0.1) is 22.9 Å². The van der Waals surface area contributed by atoms with Crippen molar-refractivity contribution in [2.75, 3.05) is 13.7 Å². The highest BCUT2D eigenvalue weighted by Gasteiger charge is 2.38. The Hall–Kier alpha value is -2.85. The van der Waals surface area contributed by atoms with Crippen LogP contribution in [0.5, 0.6) is 5.75 Å². The number of nitrogens with two attached hydrogens (primary N) is 1. The molecule has 0 bridgehead atoms. The second kappa shape index (κ2) is 8.23. The summed E-state index contributed by atoms with van der Waals surface area (Å²) in [5.74, 6) is -0.901. The summed E-state index contributed by atoms with van der Waals surface area (Å²) in [6.07, 6.45) is 1.67. The first kappa shape index (κ1) is 18.9. The van der Waals surface area contributed by atoms with Crippen molar-refractivity contribution in [2.45, 2.75) is 25.2 Å². The fourth-order valence-electron chi connectivity index (χ4n) is 3.18. The van der Waals surface area contributed by atoms with Crippen LogP contribution >= 0.6 is 0 Å². The lowest BCUT2D eigenvalue weighted by atomic mass is 9.71. The Bertz CT molecular complexity index is 840. The highest BCUT2D eigenvalue weighted by atomic mass is 16.6. The Labute approximate surface area is 157 Å². The molecule has 27 heavy (non-hydrogen) atoms. The minimum Gasteiger partial charge on any atom is -0.534 e. The molecule has 1 aliphatic rings. The predicted molar refractivity (Wildman–Crippen MR) is 99.4 cm³/mol. The van der Waals surface area contributed by atoms with E-state index < -0.39 is 13.1 Å². The van der Waals surface area contributed by atoms with Gasteiger partial charge in [0.2, 0.25) is 0 Å². The van der Waals surface area contributed by atoms with Gasteiger partial charge >= 0.3 is 13.1 Å². The van der Waals surface area contributed by atoms with Gasteiger partial charge in [-0.25, -0.2) is 4.79 Å². The van der Waals surface area contributed by atoms with Gasteiger partial charge in [0.1, 0.15) is 5.75 Å². The maximum atomic E-state index is 11.4. The average molecular weight is 371 g/mol. The van der Waals surface area contributed by atoms with Gasteiger partial charge in [-0.3, -0.25) is 0 Å². The maximum absolute atomic E-state index is 11.4. The van der Waals surface area contributed by atoms with Crippen LogP contribution in [-0.2, 0) is 23.9 Å². The highest BCUT2D eigenvalue weighted by Crippen LogP contribution is 2.31. The zero-order valence-electron chi connectivity index (χ0n) is 15.1. The Balaban J connectivity index is 1.73. The Morgan fingerprint density at radius 1 is 1.52 bits per heavy atom. The van der Waals surface area contributed by atoms with Crippen molar-refractivity contribution >= 4 is 13.1 Å². The number of aromatic nitrogens is 3. The number of para-hydroxylation sites is 1. The lowest BCUT2D eigenvalue weighted by Crippen LogP contribution is -2.52. The third kappa shape index (κ3) is 4.12. The van der Waals surface area contributed by atoms with E-state index in [4.69, 9.17) is 15.0 Å². The van der Waals surface area contributed by atoms with Crippen LogP contribution in [0.1, 0.15) is 27.3 Å². The molecule has 0 fully saturated rings. The van der Waals surface area contributed by atoms with Gasteiger partial charge in [-0.1, -0.05) is 18.7 Å². The van der Waals surface area contributed by atoms with Crippen molar-refractivity contribution < 1.29 is 19.2 Å². The maximum Gasteiger partial charge on any atom is 0.549 e. The van der Waals surface area contributed by atoms with Crippen LogP contribution in [0, 0.1) is 0 Å². The Kier molecular flexibility index (Phi) is 5.77. The van der Waals surface area contributed by atoms with E-state index in [1.807, 2.05) is 6.07 Å². The van der Waals surface area contributed by atoms with Crippen LogP contribution < -0.4 is 15.7 Å². The first-order valence-corrected chi connectivity index (χ1v) is 8.61. The number of hydrogen-bond donors (Lipinski definition) is 4. The summed E-state index contributed by atoms with van der Waals surface area (Å²) >= 11 is 0. The van der Waals surface area contributed by atoms with Crippen molar-refractivity contribution in [1.82, 2.24) is 20.7 Å². The standard InChI is InChI=1S/C17H22BN5O4/c1-10(8-14-13(6-7-19)21-23-22-14)20-15-9-11-4-3-5-12(17(24)25)16(11)27-18(15)26-2/h3-5,15,20H,1,6-9,19H2,2H3,(H,24,25)(H,21,22,23)/t15-/m0/s1. The number of carboxylic acids is 1. The molecule has 1 aliphatic heterocycles. The summed E-state index contributed by atoms with van der Waals surface area (Å²) in [7, 11) is 0.878. The molecular formula is C17H22BN5O4. The van der Waals surface area contributed by atoms with E-state index >= 15 is 0 Å². The van der Waals surface area contributed by atoms with Gasteiger partial charge in [0, 0.05) is 25.6 Å². The van der Waals surface area contributed by atoms with Gasteiger partial charge < -0.3 is 25.5 Å². The van der Waals surface area contributed by atoms with E-state index in [9.17, 15) is 9.90 Å². The number of aromatic carboxylic acids is 1. The van der Waals surface area contributed by atoms with E-state index in [-0.39, 0.29) is 11.5 Å². The number of aromatic amines is 1. The quantitative estimate of drug-likeness (QED) is 0.488. The van der Waals surface area contributed by atoms with E-state index in [1.54, 1.807) is 6.07 Å². The van der Waals surface area contributed by atoms with Gasteiger partial charge in [-0.15, -0.1) is 0 Å². The van der Waals surface area contributed by atoms with Crippen molar-refractivity contribution in [3.63, 3.8) is 0 Å². The molecular weight excluding hydrogens is 349 g/mol. The van der Waals surface area contributed by atoms with Crippen LogP contribution in [-0.4, -0.2) is 53.2 Å². The first-order chi connectivity index (χ1) is 13.0. The summed E-state index contributed by atoms with van der Waals surface area (Å²) in [6, 6.07) is 5.07. The number of fused-ring (bicyclic) bond motifs is 1. The van der Waals surface area contributed by atoms with Gasteiger partial charge in [0.15, 0.2) is 0 Å². The number of H-pyrrole nitrogens is 1. The molecule has 3 rings (SSSR count). The smallest absolute Gasteiger partial charge is 0.534 e. The lowest BCUT2D eigenvalue weighted by molar-refractivity contribution is 0.0694. The normalized spacial score (nSPS) is 15.8. The molecule has 5 N–H and O–H groups in total. The van der Waals surface area contributed by atoms with Crippen LogP contribution in [0.3, 0.4) is 0 Å². The molecule has 9 nitrogen and oxygen atoms in total. The zero-order chi connectivity index (χ0) is 19.4. The number of rotatable bonds is 8. The van der Waals surface area contributed by atoms with Crippen LogP contribution in [0.2, 0.25) is 0 Å². The van der Waals surface area contributed by atoms with Gasteiger partial charge in [-0.05, 0) is 24.6 Å². The minimum atomic E-state index is -1.03. The second-order valence-corrected chi connectivity index (χ2v) is 6.31. The molecule has 142 valence electrons. The largest absolute Gasteiger partial charge is 0.549 e.